The Labute approximate surface area is 198 Å². The summed E-state index contributed by atoms with van der Waals surface area (Å²) in [5.41, 5.74) is 0. The maximum absolute atomic E-state index is 9.87. The lowest BCUT2D eigenvalue weighted by Gasteiger charge is -2.45. The normalized spacial score (nSPS) is 14.4. The van der Waals surface area contributed by atoms with E-state index in [1.54, 1.807) is 0 Å². The Kier molecular flexibility index (Phi) is 9.10. The molecule has 0 radical (unpaired) electrons. The fraction of sp³-hybridized carbons (Fsp3) is 0.556. The van der Waals surface area contributed by atoms with Gasteiger partial charge in [-0.2, -0.15) is 0 Å². The SMILES string of the molecule is CC(C)(C)[Si](C)(C)OCCC(CCO)O[Si](c1ccccc1)(c1ccccc1)C(C)(C)C. The third-order valence-corrected chi connectivity index (χ3v) is 16.6. The Morgan fingerprint density at radius 3 is 1.59 bits per heavy atom. The number of benzene rings is 2. The Morgan fingerprint density at radius 2 is 1.22 bits per heavy atom. The van der Waals surface area contributed by atoms with Gasteiger partial charge in [0, 0.05) is 13.2 Å². The average Bonchev–Trinajstić information content (AvgIpc) is 2.71. The smallest absolute Gasteiger partial charge is 0.261 e. The molecule has 0 aliphatic heterocycles. The number of rotatable bonds is 10. The van der Waals surface area contributed by atoms with E-state index in [0.717, 1.165) is 6.42 Å². The second kappa shape index (κ2) is 10.8. The van der Waals surface area contributed by atoms with Gasteiger partial charge in [-0.05, 0) is 46.4 Å². The molecule has 0 bridgehead atoms. The minimum Gasteiger partial charge on any atom is -0.417 e. The van der Waals surface area contributed by atoms with Gasteiger partial charge >= 0.3 is 0 Å². The van der Waals surface area contributed by atoms with Gasteiger partial charge in [0.15, 0.2) is 8.32 Å². The molecule has 3 nitrogen and oxygen atoms in total. The van der Waals surface area contributed by atoms with Crippen molar-refractivity contribution < 1.29 is 14.0 Å². The molecule has 0 aromatic heterocycles. The molecule has 0 aliphatic rings. The van der Waals surface area contributed by atoms with Gasteiger partial charge in [-0.1, -0.05) is 102 Å². The zero-order chi connectivity index (χ0) is 24.0. The molecule has 0 aliphatic carbocycles. The van der Waals surface area contributed by atoms with E-state index in [-0.39, 0.29) is 22.8 Å². The van der Waals surface area contributed by atoms with Gasteiger partial charge in [0.25, 0.3) is 8.32 Å². The van der Waals surface area contributed by atoms with Gasteiger partial charge in [0.1, 0.15) is 0 Å². The van der Waals surface area contributed by atoms with E-state index >= 15 is 0 Å². The molecule has 5 heteroatoms. The van der Waals surface area contributed by atoms with Gasteiger partial charge in [-0.15, -0.1) is 0 Å². The van der Waals surface area contributed by atoms with Crippen LogP contribution in [0.4, 0.5) is 0 Å². The third-order valence-electron chi connectivity index (χ3n) is 6.92. The summed E-state index contributed by atoms with van der Waals surface area (Å²) in [7, 11) is -4.46. The average molecular weight is 473 g/mol. The summed E-state index contributed by atoms with van der Waals surface area (Å²) in [6.07, 6.45) is 1.35. The van der Waals surface area contributed by atoms with E-state index < -0.39 is 16.6 Å². The molecule has 178 valence electrons. The quantitative estimate of drug-likeness (QED) is 0.449. The Hall–Kier alpha value is -1.25. The van der Waals surface area contributed by atoms with Crippen molar-refractivity contribution in [3.63, 3.8) is 0 Å². The van der Waals surface area contributed by atoms with Crippen LogP contribution < -0.4 is 10.4 Å². The highest BCUT2D eigenvalue weighted by Crippen LogP contribution is 2.39. The van der Waals surface area contributed by atoms with Crippen molar-refractivity contribution in [1.82, 2.24) is 0 Å². The second-order valence-corrected chi connectivity index (χ2v) is 20.4. The highest BCUT2D eigenvalue weighted by Gasteiger charge is 2.51. The minimum absolute atomic E-state index is 0.0592. The molecule has 0 saturated carbocycles. The predicted molar refractivity (Wildman–Crippen MR) is 142 cm³/mol. The van der Waals surface area contributed by atoms with E-state index in [0.29, 0.717) is 13.0 Å². The van der Waals surface area contributed by atoms with Gasteiger partial charge in [0.2, 0.25) is 0 Å². The van der Waals surface area contributed by atoms with Crippen molar-refractivity contribution in [2.45, 2.75) is 83.7 Å². The Bertz CT molecular complexity index is 769. The molecule has 0 fully saturated rings. The molecule has 0 amide bonds. The summed E-state index contributed by atoms with van der Waals surface area (Å²) in [5, 5.41) is 12.5. The fourth-order valence-electron chi connectivity index (χ4n) is 4.01. The second-order valence-electron chi connectivity index (χ2n) is 11.3. The van der Waals surface area contributed by atoms with E-state index in [2.05, 4.69) is 115 Å². The first-order valence-corrected chi connectivity index (χ1v) is 16.7. The van der Waals surface area contributed by atoms with Crippen molar-refractivity contribution in [2.24, 2.45) is 0 Å². The monoisotopic (exact) mass is 472 g/mol. The van der Waals surface area contributed by atoms with Crippen molar-refractivity contribution in [3.8, 4) is 0 Å². The largest absolute Gasteiger partial charge is 0.417 e. The lowest BCUT2D eigenvalue weighted by Crippen LogP contribution is -2.67. The molecule has 0 saturated heterocycles. The predicted octanol–water partition coefficient (Wildman–Crippen LogP) is 5.73. The van der Waals surface area contributed by atoms with Crippen molar-refractivity contribution >= 4 is 27.0 Å². The molecular weight excluding hydrogens is 428 g/mol. The maximum atomic E-state index is 9.87. The molecule has 2 aromatic rings. The molecule has 1 unspecified atom stereocenters. The van der Waals surface area contributed by atoms with Crippen molar-refractivity contribution in [1.29, 1.82) is 0 Å². The summed E-state index contributed by atoms with van der Waals surface area (Å²) in [4.78, 5) is 0. The van der Waals surface area contributed by atoms with Crippen LogP contribution in [0.25, 0.3) is 0 Å². The zero-order valence-corrected chi connectivity index (χ0v) is 23.4. The van der Waals surface area contributed by atoms with Crippen LogP contribution in [-0.2, 0) is 8.85 Å². The first-order valence-electron chi connectivity index (χ1n) is 11.9. The van der Waals surface area contributed by atoms with Crippen LogP contribution >= 0.6 is 0 Å². The standard InChI is InChI=1S/C27H44O3Si2/c1-26(2,3)31(7,8)29-22-20-23(19-21-28)30-32(27(4,5)6,24-15-11-9-12-16-24)25-17-13-10-14-18-25/h9-18,23,28H,19-22H2,1-8H3. The van der Waals surface area contributed by atoms with Gasteiger partial charge in [-0.25, -0.2) is 0 Å². The maximum Gasteiger partial charge on any atom is 0.261 e. The van der Waals surface area contributed by atoms with Crippen molar-refractivity contribution in [3.05, 3.63) is 60.7 Å². The van der Waals surface area contributed by atoms with E-state index in [1.807, 2.05) is 0 Å². The summed E-state index contributed by atoms with van der Waals surface area (Å²) in [5.74, 6) is 0. The van der Waals surface area contributed by atoms with Gasteiger partial charge < -0.3 is 14.0 Å². The molecule has 1 atom stereocenters. The molecule has 32 heavy (non-hydrogen) atoms. The molecule has 0 heterocycles. The Balaban J connectivity index is 2.42. The molecule has 2 aromatic carbocycles. The van der Waals surface area contributed by atoms with E-state index in [1.165, 1.54) is 10.4 Å². The lowest BCUT2D eigenvalue weighted by molar-refractivity contribution is 0.116. The molecular formula is C27H44O3Si2. The highest BCUT2D eigenvalue weighted by atomic mass is 28.4. The Morgan fingerprint density at radius 1 is 0.750 bits per heavy atom. The van der Waals surface area contributed by atoms with Crippen LogP contribution in [0.3, 0.4) is 0 Å². The zero-order valence-electron chi connectivity index (χ0n) is 21.4. The lowest BCUT2D eigenvalue weighted by atomic mass is 10.2. The van der Waals surface area contributed by atoms with Gasteiger partial charge in [0.05, 0.1) is 6.10 Å². The van der Waals surface area contributed by atoms with Gasteiger partial charge in [-0.3, -0.25) is 0 Å². The minimum atomic E-state index is -2.64. The summed E-state index contributed by atoms with van der Waals surface area (Å²) in [6.45, 7) is 19.0. The van der Waals surface area contributed by atoms with Crippen LogP contribution in [-0.4, -0.2) is 41.1 Å². The van der Waals surface area contributed by atoms with Crippen LogP contribution in [0.1, 0.15) is 54.4 Å². The third kappa shape index (κ3) is 6.20. The number of hydrogen-bond donors (Lipinski definition) is 1. The van der Waals surface area contributed by atoms with Crippen LogP contribution in [0.2, 0.25) is 23.2 Å². The van der Waals surface area contributed by atoms with E-state index in [4.69, 9.17) is 8.85 Å². The topological polar surface area (TPSA) is 38.7 Å². The van der Waals surface area contributed by atoms with Crippen LogP contribution in [0.5, 0.6) is 0 Å². The summed E-state index contributed by atoms with van der Waals surface area (Å²) < 4.78 is 13.7. The molecule has 0 spiro atoms. The number of aliphatic hydroxyl groups excluding tert-OH is 1. The first-order chi connectivity index (χ1) is 14.8. The van der Waals surface area contributed by atoms with Crippen LogP contribution in [0, 0.1) is 0 Å². The number of aliphatic hydroxyl groups is 1. The fourth-order valence-corrected chi connectivity index (χ4v) is 9.82. The summed E-state index contributed by atoms with van der Waals surface area (Å²) in [6, 6.07) is 21.4. The highest BCUT2D eigenvalue weighted by molar-refractivity contribution is 6.99. The van der Waals surface area contributed by atoms with Crippen LogP contribution in [0.15, 0.2) is 60.7 Å². The molecule has 1 N–H and O–H groups in total. The first kappa shape index (κ1) is 27.0. The van der Waals surface area contributed by atoms with Crippen molar-refractivity contribution in [2.75, 3.05) is 13.2 Å². The molecule has 2 rings (SSSR count). The number of hydrogen-bond acceptors (Lipinski definition) is 3. The van der Waals surface area contributed by atoms with E-state index in [9.17, 15) is 5.11 Å². The summed E-state index contributed by atoms with van der Waals surface area (Å²) >= 11 is 0.